The van der Waals surface area contributed by atoms with Gasteiger partial charge in [-0.3, -0.25) is 4.79 Å². The highest BCUT2D eigenvalue weighted by Crippen LogP contribution is 2.14. The molecule has 0 aliphatic carbocycles. The summed E-state index contributed by atoms with van der Waals surface area (Å²) in [5.41, 5.74) is 6.96. The van der Waals surface area contributed by atoms with E-state index in [9.17, 15) is 4.79 Å². The van der Waals surface area contributed by atoms with Crippen LogP contribution in [-0.2, 0) is 0 Å². The number of imidazole rings is 1. The van der Waals surface area contributed by atoms with Gasteiger partial charge in [0.2, 0.25) is 0 Å². The first-order valence-corrected chi connectivity index (χ1v) is 7.35. The lowest BCUT2D eigenvalue weighted by molar-refractivity contribution is 0.0938. The minimum absolute atomic E-state index is 0.143. The number of hydrogen-bond acceptors (Lipinski definition) is 4. The van der Waals surface area contributed by atoms with Crippen molar-refractivity contribution in [1.29, 1.82) is 0 Å². The van der Waals surface area contributed by atoms with Gasteiger partial charge >= 0.3 is 0 Å². The molecule has 1 amide bonds. The molecular weight excluding hydrogens is 280 g/mol. The Bertz CT molecular complexity index is 607. The highest BCUT2D eigenvalue weighted by Gasteiger charge is 2.13. The van der Waals surface area contributed by atoms with E-state index in [0.29, 0.717) is 18.7 Å². The number of amides is 1. The van der Waals surface area contributed by atoms with E-state index < -0.39 is 0 Å². The summed E-state index contributed by atoms with van der Waals surface area (Å²) >= 11 is 0. The Labute approximate surface area is 130 Å². The second-order valence-corrected chi connectivity index (χ2v) is 5.16. The number of carbonyl (C=O) groups is 1. The maximum atomic E-state index is 12.2. The van der Waals surface area contributed by atoms with Gasteiger partial charge in [0.05, 0.1) is 12.6 Å². The topological polar surface area (TPSA) is 93.0 Å². The second kappa shape index (κ2) is 7.61. The molecule has 1 aromatic heterocycles. The van der Waals surface area contributed by atoms with Crippen LogP contribution in [0, 0.1) is 6.92 Å². The molecule has 0 spiro atoms. The van der Waals surface area contributed by atoms with Gasteiger partial charge in [0, 0.05) is 17.5 Å². The average molecular weight is 302 g/mol. The summed E-state index contributed by atoms with van der Waals surface area (Å²) in [7, 11) is 0. The number of H-pyrrole nitrogens is 1. The van der Waals surface area contributed by atoms with E-state index in [-0.39, 0.29) is 11.9 Å². The lowest BCUT2D eigenvalue weighted by Gasteiger charge is -2.12. The molecule has 0 radical (unpaired) electrons. The van der Waals surface area contributed by atoms with E-state index >= 15 is 0 Å². The number of ether oxygens (including phenoxy) is 1. The first-order chi connectivity index (χ1) is 10.6. The molecule has 1 aromatic carbocycles. The molecular formula is C16H22N4O2. The Hall–Kier alpha value is -2.34. The molecule has 0 unspecified atom stereocenters. The smallest absolute Gasteiger partial charge is 0.251 e. The minimum atomic E-state index is -0.179. The number of hydrogen-bond donors (Lipinski definition) is 3. The van der Waals surface area contributed by atoms with Gasteiger partial charge in [-0.25, -0.2) is 4.98 Å². The van der Waals surface area contributed by atoms with E-state index in [1.807, 2.05) is 13.8 Å². The molecule has 0 fully saturated rings. The summed E-state index contributed by atoms with van der Waals surface area (Å²) in [6, 6.07) is 6.88. The number of aromatic nitrogens is 2. The standard InChI is InChI=1S/C16H22N4O2/c1-11-10-18-15(19-11)12(2)20-16(21)13-4-6-14(7-5-13)22-9-3-8-17/h4-7,10,12H,3,8-9,17H2,1-2H3,(H,18,19)(H,20,21)/t12-/m1/s1. The zero-order chi connectivity index (χ0) is 15.9. The normalized spacial score (nSPS) is 12.0. The second-order valence-electron chi connectivity index (χ2n) is 5.16. The maximum absolute atomic E-state index is 12.2. The van der Waals surface area contributed by atoms with E-state index in [1.54, 1.807) is 30.5 Å². The highest BCUT2D eigenvalue weighted by molar-refractivity contribution is 5.94. The predicted octanol–water partition coefficient (Wildman–Crippen LogP) is 1.94. The summed E-state index contributed by atoms with van der Waals surface area (Å²) in [5.74, 6) is 1.34. The number of nitrogens with two attached hydrogens (primary N) is 1. The van der Waals surface area contributed by atoms with E-state index in [0.717, 1.165) is 23.7 Å². The fraction of sp³-hybridized carbons (Fsp3) is 0.375. The van der Waals surface area contributed by atoms with Crippen LogP contribution in [0.25, 0.3) is 0 Å². The third-order valence-electron chi connectivity index (χ3n) is 3.21. The van der Waals surface area contributed by atoms with Gasteiger partial charge in [0.1, 0.15) is 11.6 Å². The Kier molecular flexibility index (Phi) is 5.55. The van der Waals surface area contributed by atoms with Gasteiger partial charge in [0.15, 0.2) is 0 Å². The zero-order valence-corrected chi connectivity index (χ0v) is 12.9. The Morgan fingerprint density at radius 2 is 2.14 bits per heavy atom. The third-order valence-corrected chi connectivity index (χ3v) is 3.21. The summed E-state index contributed by atoms with van der Waals surface area (Å²) in [6.45, 7) is 5.00. The summed E-state index contributed by atoms with van der Waals surface area (Å²) in [4.78, 5) is 19.5. The van der Waals surface area contributed by atoms with E-state index in [4.69, 9.17) is 10.5 Å². The van der Waals surface area contributed by atoms with Gasteiger partial charge in [-0.15, -0.1) is 0 Å². The number of nitrogens with one attached hydrogen (secondary N) is 2. The van der Waals surface area contributed by atoms with Gasteiger partial charge in [-0.1, -0.05) is 0 Å². The number of aryl methyl sites for hydroxylation is 1. The van der Waals surface area contributed by atoms with Crippen molar-refractivity contribution in [2.45, 2.75) is 26.3 Å². The van der Waals surface area contributed by atoms with Crippen LogP contribution < -0.4 is 15.8 Å². The molecule has 6 heteroatoms. The van der Waals surface area contributed by atoms with Crippen molar-refractivity contribution < 1.29 is 9.53 Å². The van der Waals surface area contributed by atoms with Crippen LogP contribution in [0.5, 0.6) is 5.75 Å². The van der Waals surface area contributed by atoms with Crippen molar-refractivity contribution in [3.8, 4) is 5.75 Å². The van der Waals surface area contributed by atoms with Gasteiger partial charge in [0.25, 0.3) is 5.91 Å². The lowest BCUT2D eigenvalue weighted by atomic mass is 10.2. The largest absolute Gasteiger partial charge is 0.494 e. The minimum Gasteiger partial charge on any atom is -0.494 e. The van der Waals surface area contributed by atoms with Crippen LogP contribution in [0.4, 0.5) is 0 Å². The predicted molar refractivity (Wildman–Crippen MR) is 84.8 cm³/mol. The molecule has 0 saturated carbocycles. The van der Waals surface area contributed by atoms with Crippen molar-refractivity contribution in [3.63, 3.8) is 0 Å². The van der Waals surface area contributed by atoms with Gasteiger partial charge in [-0.05, 0) is 51.1 Å². The molecule has 2 rings (SSSR count). The highest BCUT2D eigenvalue weighted by atomic mass is 16.5. The average Bonchev–Trinajstić information content (AvgIpc) is 2.95. The van der Waals surface area contributed by atoms with E-state index in [2.05, 4.69) is 15.3 Å². The quantitative estimate of drug-likeness (QED) is 0.681. The number of nitrogens with zero attached hydrogens (tertiary/aromatic N) is 1. The number of rotatable bonds is 7. The molecule has 1 atom stereocenters. The third kappa shape index (κ3) is 4.33. The molecule has 0 aliphatic rings. The fourth-order valence-electron chi connectivity index (χ4n) is 1.98. The summed E-state index contributed by atoms with van der Waals surface area (Å²) in [5, 5.41) is 2.91. The fourth-order valence-corrected chi connectivity index (χ4v) is 1.98. The Morgan fingerprint density at radius 3 is 2.73 bits per heavy atom. The number of benzene rings is 1. The number of carbonyl (C=O) groups excluding carboxylic acids is 1. The Balaban J connectivity index is 1.92. The van der Waals surface area contributed by atoms with Crippen LogP contribution in [0.2, 0.25) is 0 Å². The molecule has 0 aliphatic heterocycles. The van der Waals surface area contributed by atoms with Crippen molar-refractivity contribution >= 4 is 5.91 Å². The van der Waals surface area contributed by atoms with E-state index in [1.165, 1.54) is 0 Å². The van der Waals surface area contributed by atoms with Crippen molar-refractivity contribution in [1.82, 2.24) is 15.3 Å². The van der Waals surface area contributed by atoms with Crippen LogP contribution in [0.1, 0.15) is 41.3 Å². The molecule has 4 N–H and O–H groups in total. The summed E-state index contributed by atoms with van der Waals surface area (Å²) < 4.78 is 5.51. The number of aromatic amines is 1. The first-order valence-electron chi connectivity index (χ1n) is 7.35. The van der Waals surface area contributed by atoms with Crippen LogP contribution in [0.3, 0.4) is 0 Å². The van der Waals surface area contributed by atoms with Gasteiger partial charge in [-0.2, -0.15) is 0 Å². The monoisotopic (exact) mass is 302 g/mol. The molecule has 0 saturated heterocycles. The molecule has 22 heavy (non-hydrogen) atoms. The lowest BCUT2D eigenvalue weighted by Crippen LogP contribution is -2.27. The Morgan fingerprint density at radius 1 is 1.41 bits per heavy atom. The molecule has 2 aromatic rings. The summed E-state index contributed by atoms with van der Waals surface area (Å²) in [6.07, 6.45) is 2.55. The molecule has 6 nitrogen and oxygen atoms in total. The van der Waals surface area contributed by atoms with Crippen molar-refractivity contribution in [3.05, 3.63) is 47.5 Å². The zero-order valence-electron chi connectivity index (χ0n) is 12.9. The van der Waals surface area contributed by atoms with Crippen molar-refractivity contribution in [2.75, 3.05) is 13.2 Å². The maximum Gasteiger partial charge on any atom is 0.251 e. The molecule has 118 valence electrons. The van der Waals surface area contributed by atoms with Crippen LogP contribution in [0.15, 0.2) is 30.5 Å². The SMILES string of the molecule is Cc1cnc([C@@H](C)NC(=O)c2ccc(OCCCN)cc2)[nH]1. The van der Waals surface area contributed by atoms with Gasteiger partial charge < -0.3 is 20.8 Å². The van der Waals surface area contributed by atoms with Crippen molar-refractivity contribution in [2.24, 2.45) is 5.73 Å². The molecule has 0 bridgehead atoms. The van der Waals surface area contributed by atoms with Crippen LogP contribution >= 0.6 is 0 Å². The first kappa shape index (κ1) is 16.0. The van der Waals surface area contributed by atoms with Crippen LogP contribution in [-0.4, -0.2) is 29.0 Å². The molecule has 1 heterocycles.